The molecule has 9 nitrogen and oxygen atoms in total. The van der Waals surface area contributed by atoms with E-state index < -0.39 is 17.7 Å². The lowest BCUT2D eigenvalue weighted by Gasteiger charge is -2.34. The topological polar surface area (TPSA) is 101 Å². The molecule has 11 heteroatoms. The van der Waals surface area contributed by atoms with E-state index in [0.717, 1.165) is 6.07 Å². The molecule has 2 aliphatic rings. The zero-order chi connectivity index (χ0) is 23.4. The Hall–Kier alpha value is -3.89. The number of fused-ring (bicyclic) bond motifs is 1. The van der Waals surface area contributed by atoms with Gasteiger partial charge in [-0.05, 0) is 36.2 Å². The highest BCUT2D eigenvalue weighted by atomic mass is 19.1. The van der Waals surface area contributed by atoms with Crippen molar-refractivity contribution in [2.45, 2.75) is 50.8 Å². The van der Waals surface area contributed by atoms with Gasteiger partial charge >= 0.3 is 5.69 Å². The van der Waals surface area contributed by atoms with Crippen LogP contribution in [0.15, 0.2) is 45.8 Å². The minimum absolute atomic E-state index is 0.0679. The van der Waals surface area contributed by atoms with Gasteiger partial charge < -0.3 is 9.26 Å². The Morgan fingerprint density at radius 1 is 1.15 bits per heavy atom. The Bertz CT molecular complexity index is 1400. The normalized spacial score (nSPS) is 21.3. The number of ether oxygens (including phenoxy) is 1. The minimum Gasteiger partial charge on any atom is -0.489 e. The third-order valence-corrected chi connectivity index (χ3v) is 6.34. The predicted octanol–water partition coefficient (Wildman–Crippen LogP) is 3.39. The van der Waals surface area contributed by atoms with Gasteiger partial charge in [0.2, 0.25) is 11.7 Å². The van der Waals surface area contributed by atoms with Gasteiger partial charge in [-0.3, -0.25) is 4.57 Å². The Kier molecular flexibility index (Phi) is 4.78. The molecule has 1 aliphatic carbocycles. The first kappa shape index (κ1) is 20.7. The monoisotopic (exact) mass is 466 g/mol. The first-order valence-corrected chi connectivity index (χ1v) is 11.0. The number of aromatic nitrogens is 6. The molecule has 0 bridgehead atoms. The lowest BCUT2D eigenvalue weighted by molar-refractivity contribution is 0.0620. The summed E-state index contributed by atoms with van der Waals surface area (Å²) >= 11 is 0. The number of hydrogen-bond acceptors (Lipinski definition) is 7. The molecule has 6 rings (SSSR count). The number of pyridine rings is 1. The van der Waals surface area contributed by atoms with Crippen molar-refractivity contribution in [2.24, 2.45) is 0 Å². The van der Waals surface area contributed by atoms with Crippen molar-refractivity contribution >= 4 is 0 Å². The molecule has 0 saturated heterocycles. The molecule has 4 aromatic rings. The van der Waals surface area contributed by atoms with E-state index in [1.165, 1.54) is 16.8 Å². The van der Waals surface area contributed by atoms with Crippen LogP contribution < -0.4 is 10.4 Å². The van der Waals surface area contributed by atoms with Gasteiger partial charge in [0.25, 0.3) is 0 Å². The van der Waals surface area contributed by atoms with Crippen LogP contribution in [0.1, 0.15) is 48.6 Å². The van der Waals surface area contributed by atoms with Crippen LogP contribution in [-0.2, 0) is 6.42 Å². The largest absolute Gasteiger partial charge is 0.489 e. The van der Waals surface area contributed by atoms with E-state index in [0.29, 0.717) is 60.2 Å². The van der Waals surface area contributed by atoms with Crippen molar-refractivity contribution in [3.05, 3.63) is 75.9 Å². The van der Waals surface area contributed by atoms with E-state index in [-0.39, 0.29) is 17.8 Å². The highest BCUT2D eigenvalue weighted by molar-refractivity contribution is 5.48. The first-order valence-electron chi connectivity index (χ1n) is 11.0. The third-order valence-electron chi connectivity index (χ3n) is 6.34. The fourth-order valence-electron chi connectivity index (χ4n) is 4.65. The molecule has 1 aliphatic heterocycles. The summed E-state index contributed by atoms with van der Waals surface area (Å²) < 4.78 is 41.4. The summed E-state index contributed by atoms with van der Waals surface area (Å²) in [5, 5.41) is 8.35. The first-order chi connectivity index (χ1) is 16.4. The molecule has 0 N–H and O–H groups in total. The standard InChI is InChI=1S/C23H20F2N6O3/c1-12-27-22(29-34-12)19-3-2-17(11-26-19)33-18-9-16(10-18)31-23(32)30-20(4-5-21(30)28-31)13-6-14(24)8-15(25)7-13/h2-3,6-8,11,16,18,20H,4-5,9-10H2,1H3/t16-,18-,20-/m0/s1. The maximum absolute atomic E-state index is 13.7. The fraction of sp³-hybridized carbons (Fsp3) is 0.348. The Morgan fingerprint density at radius 2 is 1.94 bits per heavy atom. The highest BCUT2D eigenvalue weighted by Crippen LogP contribution is 2.36. The molecule has 0 spiro atoms. The molecule has 0 radical (unpaired) electrons. The summed E-state index contributed by atoms with van der Waals surface area (Å²) in [6.45, 7) is 1.71. The average molecular weight is 466 g/mol. The van der Waals surface area contributed by atoms with Crippen LogP contribution in [0.3, 0.4) is 0 Å². The molecular weight excluding hydrogens is 446 g/mol. The van der Waals surface area contributed by atoms with Crippen LogP contribution in [-0.4, -0.2) is 35.6 Å². The van der Waals surface area contributed by atoms with Crippen LogP contribution in [0.5, 0.6) is 5.75 Å². The van der Waals surface area contributed by atoms with Crippen molar-refractivity contribution in [2.75, 3.05) is 0 Å². The van der Waals surface area contributed by atoms with Crippen molar-refractivity contribution < 1.29 is 18.0 Å². The smallest absolute Gasteiger partial charge is 0.346 e. The Labute approximate surface area is 192 Å². The maximum atomic E-state index is 13.7. The molecule has 1 atom stereocenters. The summed E-state index contributed by atoms with van der Waals surface area (Å²) in [6, 6.07) is 6.43. The van der Waals surface area contributed by atoms with Gasteiger partial charge in [-0.1, -0.05) is 5.16 Å². The van der Waals surface area contributed by atoms with Crippen LogP contribution >= 0.6 is 0 Å². The minimum atomic E-state index is -0.655. The molecule has 34 heavy (non-hydrogen) atoms. The molecule has 1 fully saturated rings. The number of hydrogen-bond donors (Lipinski definition) is 0. The number of aryl methyl sites for hydroxylation is 2. The molecular formula is C23H20F2N6O3. The zero-order valence-corrected chi connectivity index (χ0v) is 18.2. The summed E-state index contributed by atoms with van der Waals surface area (Å²) in [4.78, 5) is 21.6. The molecule has 174 valence electrons. The Balaban J connectivity index is 1.13. The second-order valence-corrected chi connectivity index (χ2v) is 8.65. The van der Waals surface area contributed by atoms with E-state index in [4.69, 9.17) is 9.26 Å². The van der Waals surface area contributed by atoms with Crippen LogP contribution in [0.4, 0.5) is 8.78 Å². The molecule has 3 aromatic heterocycles. The lowest BCUT2D eigenvalue weighted by Crippen LogP contribution is -2.41. The number of halogens is 2. The number of benzene rings is 1. The third kappa shape index (κ3) is 3.57. The average Bonchev–Trinajstić information content (AvgIpc) is 3.47. The summed E-state index contributed by atoms with van der Waals surface area (Å²) in [5.41, 5.74) is 0.772. The second-order valence-electron chi connectivity index (χ2n) is 8.65. The van der Waals surface area contributed by atoms with Crippen LogP contribution in [0.2, 0.25) is 0 Å². The predicted molar refractivity (Wildman–Crippen MR) is 114 cm³/mol. The van der Waals surface area contributed by atoms with Crippen molar-refractivity contribution in [3.63, 3.8) is 0 Å². The van der Waals surface area contributed by atoms with E-state index in [2.05, 4.69) is 20.2 Å². The molecule has 1 aromatic carbocycles. The molecule has 0 unspecified atom stereocenters. The Morgan fingerprint density at radius 3 is 2.62 bits per heavy atom. The second kappa shape index (κ2) is 7.86. The SMILES string of the molecule is Cc1nc(-c2ccc(O[C@H]3C[C@H](n4nc5n(c4=O)[C@H](c4cc(F)cc(F)c4)CC5)C3)cn2)no1. The van der Waals surface area contributed by atoms with E-state index in [1.54, 1.807) is 29.8 Å². The highest BCUT2D eigenvalue weighted by Gasteiger charge is 2.37. The van der Waals surface area contributed by atoms with Gasteiger partial charge in [0.05, 0.1) is 18.3 Å². The maximum Gasteiger partial charge on any atom is 0.346 e. The van der Waals surface area contributed by atoms with Crippen molar-refractivity contribution in [1.29, 1.82) is 0 Å². The molecule has 1 saturated carbocycles. The summed E-state index contributed by atoms with van der Waals surface area (Å²) in [6.07, 6.45) is 3.96. The lowest BCUT2D eigenvalue weighted by atomic mass is 9.89. The van der Waals surface area contributed by atoms with Crippen LogP contribution in [0, 0.1) is 18.6 Å². The summed E-state index contributed by atoms with van der Waals surface area (Å²) in [5.74, 6) is 0.822. The van der Waals surface area contributed by atoms with Gasteiger partial charge in [0.15, 0.2) is 0 Å². The molecule has 0 amide bonds. The van der Waals surface area contributed by atoms with Crippen LogP contribution in [0.25, 0.3) is 11.5 Å². The van der Waals surface area contributed by atoms with E-state index in [1.807, 2.05) is 0 Å². The van der Waals surface area contributed by atoms with Gasteiger partial charge in [0.1, 0.15) is 35.0 Å². The van der Waals surface area contributed by atoms with E-state index >= 15 is 0 Å². The number of rotatable bonds is 5. The van der Waals surface area contributed by atoms with E-state index in [9.17, 15) is 13.6 Å². The van der Waals surface area contributed by atoms with Gasteiger partial charge in [-0.25, -0.2) is 23.2 Å². The fourth-order valence-corrected chi connectivity index (χ4v) is 4.65. The zero-order valence-electron chi connectivity index (χ0n) is 18.2. The quantitative estimate of drug-likeness (QED) is 0.444. The van der Waals surface area contributed by atoms with Crippen molar-refractivity contribution in [3.8, 4) is 17.3 Å². The molecule has 4 heterocycles. The van der Waals surface area contributed by atoms with Crippen molar-refractivity contribution in [1.82, 2.24) is 29.5 Å². The number of nitrogens with zero attached hydrogens (tertiary/aromatic N) is 6. The van der Waals surface area contributed by atoms with Gasteiger partial charge in [-0.15, -0.1) is 0 Å². The van der Waals surface area contributed by atoms with Gasteiger partial charge in [0, 0.05) is 32.3 Å². The van der Waals surface area contributed by atoms with Gasteiger partial charge in [-0.2, -0.15) is 10.1 Å². The summed E-state index contributed by atoms with van der Waals surface area (Å²) in [7, 11) is 0.